The highest BCUT2D eigenvalue weighted by atomic mass is 79.9. The Morgan fingerprint density at radius 2 is 1.95 bits per heavy atom. The average Bonchev–Trinajstić information content (AvgIpc) is 2.49. The molecule has 0 aliphatic carbocycles. The van der Waals surface area contributed by atoms with Crippen molar-refractivity contribution in [2.24, 2.45) is 5.92 Å². The van der Waals surface area contributed by atoms with Crippen molar-refractivity contribution < 1.29 is 9.59 Å². The summed E-state index contributed by atoms with van der Waals surface area (Å²) >= 11 is 3.38. The van der Waals surface area contributed by atoms with Crippen LogP contribution in [0.2, 0.25) is 0 Å². The predicted octanol–water partition coefficient (Wildman–Crippen LogP) is 3.13. The maximum atomic E-state index is 12.1. The Kier molecular flexibility index (Phi) is 6.39. The summed E-state index contributed by atoms with van der Waals surface area (Å²) in [5.74, 6) is 0.458. The van der Waals surface area contributed by atoms with Gasteiger partial charge in [0, 0.05) is 17.8 Å². The minimum Gasteiger partial charge on any atom is -0.325 e. The molecule has 0 saturated carbocycles. The highest BCUT2D eigenvalue weighted by molar-refractivity contribution is 9.10. The molecule has 3 N–H and O–H groups in total. The standard InChI is InChI=1S/C16H22BrN3O2/c1-11(21)19-14-4-3-13(17)10-15(14)20-16(22)5-2-12-6-8-18-9-7-12/h3-4,10,12,18H,2,5-9H2,1H3,(H,19,21)(H,20,22). The van der Waals surface area contributed by atoms with Crippen molar-refractivity contribution in [3.05, 3.63) is 22.7 Å². The first kappa shape index (κ1) is 17.0. The number of carbonyl (C=O) groups excluding carboxylic acids is 2. The number of hydrogen-bond donors (Lipinski definition) is 3. The quantitative estimate of drug-likeness (QED) is 0.748. The van der Waals surface area contributed by atoms with Crippen molar-refractivity contribution in [1.82, 2.24) is 5.32 Å². The lowest BCUT2D eigenvalue weighted by molar-refractivity contribution is -0.116. The molecule has 1 heterocycles. The summed E-state index contributed by atoms with van der Waals surface area (Å²) in [5.41, 5.74) is 1.24. The van der Waals surface area contributed by atoms with E-state index in [4.69, 9.17) is 0 Å². The minimum atomic E-state index is -0.160. The van der Waals surface area contributed by atoms with E-state index in [1.807, 2.05) is 6.07 Å². The Morgan fingerprint density at radius 1 is 1.23 bits per heavy atom. The first-order valence-electron chi connectivity index (χ1n) is 7.62. The SMILES string of the molecule is CC(=O)Nc1ccc(Br)cc1NC(=O)CCC1CCNCC1. The second kappa shape index (κ2) is 8.29. The van der Waals surface area contributed by atoms with Crippen LogP contribution in [0, 0.1) is 5.92 Å². The van der Waals surface area contributed by atoms with Gasteiger partial charge in [0.15, 0.2) is 0 Å². The Balaban J connectivity index is 1.92. The van der Waals surface area contributed by atoms with Crippen LogP contribution in [0.1, 0.15) is 32.6 Å². The summed E-state index contributed by atoms with van der Waals surface area (Å²) < 4.78 is 0.857. The van der Waals surface area contributed by atoms with Gasteiger partial charge in [-0.2, -0.15) is 0 Å². The fraction of sp³-hybridized carbons (Fsp3) is 0.500. The zero-order valence-corrected chi connectivity index (χ0v) is 14.3. The van der Waals surface area contributed by atoms with Crippen LogP contribution in [0.25, 0.3) is 0 Å². The molecule has 0 radical (unpaired) electrons. The summed E-state index contributed by atoms with van der Waals surface area (Å²) in [4.78, 5) is 23.4. The molecule has 1 aliphatic heterocycles. The van der Waals surface area contributed by atoms with E-state index in [9.17, 15) is 9.59 Å². The number of carbonyl (C=O) groups is 2. The second-order valence-electron chi connectivity index (χ2n) is 5.65. The van der Waals surface area contributed by atoms with E-state index in [2.05, 4.69) is 31.9 Å². The van der Waals surface area contributed by atoms with Crippen LogP contribution in [-0.2, 0) is 9.59 Å². The molecule has 1 fully saturated rings. The zero-order valence-electron chi connectivity index (χ0n) is 12.7. The Morgan fingerprint density at radius 3 is 2.64 bits per heavy atom. The number of amides is 2. The van der Waals surface area contributed by atoms with E-state index in [-0.39, 0.29) is 11.8 Å². The number of nitrogens with one attached hydrogen (secondary N) is 3. The summed E-state index contributed by atoms with van der Waals surface area (Å²) in [6.07, 6.45) is 3.70. The molecule has 1 aromatic carbocycles. The molecule has 1 aromatic rings. The minimum absolute atomic E-state index is 0.0109. The lowest BCUT2D eigenvalue weighted by atomic mass is 9.93. The molecule has 1 aliphatic rings. The van der Waals surface area contributed by atoms with E-state index in [0.29, 0.717) is 23.7 Å². The van der Waals surface area contributed by atoms with Gasteiger partial charge < -0.3 is 16.0 Å². The monoisotopic (exact) mass is 367 g/mol. The topological polar surface area (TPSA) is 70.2 Å². The molecule has 120 valence electrons. The van der Waals surface area contributed by atoms with Crippen LogP contribution >= 0.6 is 15.9 Å². The summed E-state index contributed by atoms with van der Waals surface area (Å²) in [5, 5.41) is 8.95. The van der Waals surface area contributed by atoms with Crippen molar-refractivity contribution in [1.29, 1.82) is 0 Å². The molecule has 0 bridgehead atoms. The van der Waals surface area contributed by atoms with Gasteiger partial charge in [0.05, 0.1) is 11.4 Å². The number of piperidine rings is 1. The third-order valence-electron chi connectivity index (χ3n) is 3.80. The molecule has 0 aromatic heterocycles. The average molecular weight is 368 g/mol. The molecule has 2 amide bonds. The number of anilines is 2. The molecule has 1 saturated heterocycles. The molecular weight excluding hydrogens is 346 g/mol. The van der Waals surface area contributed by atoms with E-state index in [1.165, 1.54) is 6.92 Å². The van der Waals surface area contributed by atoms with Crippen LogP contribution in [-0.4, -0.2) is 24.9 Å². The smallest absolute Gasteiger partial charge is 0.224 e. The van der Waals surface area contributed by atoms with E-state index in [1.54, 1.807) is 12.1 Å². The van der Waals surface area contributed by atoms with Crippen LogP contribution in [0.3, 0.4) is 0 Å². The fourth-order valence-electron chi connectivity index (χ4n) is 2.64. The maximum absolute atomic E-state index is 12.1. The molecule has 6 heteroatoms. The van der Waals surface area contributed by atoms with Crippen LogP contribution in [0.5, 0.6) is 0 Å². The van der Waals surface area contributed by atoms with Crippen molar-refractivity contribution in [3.8, 4) is 0 Å². The summed E-state index contributed by atoms with van der Waals surface area (Å²) in [6.45, 7) is 3.54. The second-order valence-corrected chi connectivity index (χ2v) is 6.57. The van der Waals surface area contributed by atoms with Gasteiger partial charge in [-0.1, -0.05) is 15.9 Å². The zero-order chi connectivity index (χ0) is 15.9. The van der Waals surface area contributed by atoms with Crippen molar-refractivity contribution >= 4 is 39.1 Å². The van der Waals surface area contributed by atoms with Gasteiger partial charge in [0.1, 0.15) is 0 Å². The maximum Gasteiger partial charge on any atom is 0.224 e. The predicted molar refractivity (Wildman–Crippen MR) is 91.9 cm³/mol. The molecule has 0 unspecified atom stereocenters. The highest BCUT2D eigenvalue weighted by Gasteiger charge is 2.15. The third-order valence-corrected chi connectivity index (χ3v) is 4.30. The Labute approximate surface area is 139 Å². The van der Waals surface area contributed by atoms with Crippen molar-refractivity contribution in [3.63, 3.8) is 0 Å². The molecule has 0 atom stereocenters. The lowest BCUT2D eigenvalue weighted by Crippen LogP contribution is -2.28. The van der Waals surface area contributed by atoms with Gasteiger partial charge in [-0.15, -0.1) is 0 Å². The number of hydrogen-bond acceptors (Lipinski definition) is 3. The fourth-order valence-corrected chi connectivity index (χ4v) is 3.00. The van der Waals surface area contributed by atoms with Gasteiger partial charge in [-0.05, 0) is 56.5 Å². The number of rotatable bonds is 5. The lowest BCUT2D eigenvalue weighted by Gasteiger charge is -2.22. The molecular formula is C16H22BrN3O2. The van der Waals surface area contributed by atoms with Crippen molar-refractivity contribution in [2.75, 3.05) is 23.7 Å². The van der Waals surface area contributed by atoms with Crippen LogP contribution in [0.4, 0.5) is 11.4 Å². The molecule has 5 nitrogen and oxygen atoms in total. The summed E-state index contributed by atoms with van der Waals surface area (Å²) in [6, 6.07) is 5.40. The Bertz CT molecular complexity index is 542. The summed E-state index contributed by atoms with van der Waals surface area (Å²) in [7, 11) is 0. The van der Waals surface area contributed by atoms with Crippen molar-refractivity contribution in [2.45, 2.75) is 32.6 Å². The largest absolute Gasteiger partial charge is 0.325 e. The molecule has 2 rings (SSSR count). The first-order chi connectivity index (χ1) is 10.5. The van der Waals surface area contributed by atoms with E-state index < -0.39 is 0 Å². The van der Waals surface area contributed by atoms with Gasteiger partial charge in [0.25, 0.3) is 0 Å². The number of benzene rings is 1. The highest BCUT2D eigenvalue weighted by Crippen LogP contribution is 2.27. The Hall–Kier alpha value is -1.40. The van der Waals surface area contributed by atoms with E-state index in [0.717, 1.165) is 36.8 Å². The van der Waals surface area contributed by atoms with Gasteiger partial charge in [0.2, 0.25) is 11.8 Å². The van der Waals surface area contributed by atoms with Crippen LogP contribution in [0.15, 0.2) is 22.7 Å². The first-order valence-corrected chi connectivity index (χ1v) is 8.41. The van der Waals surface area contributed by atoms with Gasteiger partial charge in [-0.3, -0.25) is 9.59 Å². The normalized spacial score (nSPS) is 15.4. The molecule has 0 spiro atoms. The van der Waals surface area contributed by atoms with E-state index >= 15 is 0 Å². The molecule has 22 heavy (non-hydrogen) atoms. The third kappa shape index (κ3) is 5.42. The van der Waals surface area contributed by atoms with Gasteiger partial charge >= 0.3 is 0 Å². The van der Waals surface area contributed by atoms with Gasteiger partial charge in [-0.25, -0.2) is 0 Å². The number of halogens is 1. The van der Waals surface area contributed by atoms with Crippen LogP contribution < -0.4 is 16.0 Å².